The number of para-hydroxylation sites is 2. The first kappa shape index (κ1) is 29.7. The van der Waals surface area contributed by atoms with E-state index in [2.05, 4.69) is 28.9 Å². The van der Waals surface area contributed by atoms with Crippen molar-refractivity contribution in [2.24, 2.45) is 16.8 Å². The molecule has 10 heteroatoms. The molecule has 1 aromatic carbocycles. The minimum Gasteiger partial charge on any atom is -0.476 e. The Labute approximate surface area is 235 Å². The van der Waals surface area contributed by atoms with Crippen LogP contribution in [0.25, 0.3) is 11.0 Å². The van der Waals surface area contributed by atoms with Crippen molar-refractivity contribution in [3.8, 4) is 0 Å². The lowest BCUT2D eigenvalue weighted by molar-refractivity contribution is -0.130. The molecule has 1 saturated carbocycles. The Hall–Kier alpha value is -3.27. The number of hydrogen-bond acceptors (Lipinski definition) is 7. The number of rotatable bonds is 9. The number of nitrogens with two attached hydrogens (primary N) is 1. The number of aliphatic carboxylic acids is 1. The lowest BCUT2D eigenvalue weighted by atomic mass is 9.88. The maximum atomic E-state index is 13.9. The van der Waals surface area contributed by atoms with Crippen LogP contribution in [0.5, 0.6) is 0 Å². The van der Waals surface area contributed by atoms with Crippen LogP contribution in [0, 0.1) is 5.92 Å². The van der Waals surface area contributed by atoms with E-state index in [0.29, 0.717) is 29.0 Å². The number of carboxylic acid groups (broad SMARTS) is 1. The van der Waals surface area contributed by atoms with E-state index in [9.17, 15) is 19.5 Å². The van der Waals surface area contributed by atoms with Crippen LogP contribution >= 0.6 is 0 Å². The fourth-order valence-electron chi connectivity index (χ4n) is 6.62. The van der Waals surface area contributed by atoms with E-state index in [1.54, 1.807) is 16.7 Å². The van der Waals surface area contributed by atoms with Crippen LogP contribution in [0.1, 0.15) is 96.2 Å². The number of piperidine rings is 1. The van der Waals surface area contributed by atoms with Gasteiger partial charge in [-0.15, -0.1) is 0 Å². The fraction of sp³-hybridized carbons (Fsp3) is 0.633. The summed E-state index contributed by atoms with van der Waals surface area (Å²) >= 11 is 0. The van der Waals surface area contributed by atoms with Gasteiger partial charge < -0.3 is 20.2 Å². The molecule has 2 aliphatic rings. The molecule has 4 atom stereocenters. The number of likely N-dealkylation sites (tertiary alicyclic amines) is 1. The number of benzene rings is 1. The normalized spacial score (nSPS) is 25.1. The molecular weight excluding hydrogens is 510 g/mol. The molecule has 1 saturated heterocycles. The number of oxime groups is 1. The molecule has 0 unspecified atom stereocenters. The number of carboxylic acids is 1. The first-order chi connectivity index (χ1) is 19.3. The lowest BCUT2D eigenvalue weighted by Gasteiger charge is -2.45. The molecule has 0 radical (unpaired) electrons. The maximum absolute atomic E-state index is 13.9. The number of carbonyl (C=O) groups excluding carboxylic acids is 1. The third kappa shape index (κ3) is 7.08. The number of primary amides is 1. The lowest BCUT2D eigenvalue weighted by Crippen LogP contribution is -2.50. The predicted molar refractivity (Wildman–Crippen MR) is 154 cm³/mol. The highest BCUT2D eigenvalue weighted by Crippen LogP contribution is 2.35. The molecule has 4 rings (SSSR count). The first-order valence-corrected chi connectivity index (χ1v) is 14.8. The highest BCUT2D eigenvalue weighted by molar-refractivity contribution is 6.41. The van der Waals surface area contributed by atoms with Crippen molar-refractivity contribution >= 4 is 28.6 Å². The number of nitrogens with zero attached hydrogens (tertiary/aromatic N) is 4. The third-order valence-electron chi connectivity index (χ3n) is 8.43. The molecule has 1 amide bonds. The van der Waals surface area contributed by atoms with Gasteiger partial charge in [-0.1, -0.05) is 69.7 Å². The van der Waals surface area contributed by atoms with E-state index in [0.717, 1.165) is 32.2 Å². The molecule has 3 N–H and O–H groups in total. The van der Waals surface area contributed by atoms with Crippen molar-refractivity contribution < 1.29 is 19.5 Å². The minimum absolute atomic E-state index is 0.109. The standard InChI is InChI=1S/C30H43N5O5/c1-3-10-21-18-23(15-16-34(21)22-12-7-5-4-6-11-20(2)17-22)35-25-14-9-8-13-24(25)32-27(29(35)37)28(30(38)39)33-40-19-26(31)36/h8-9,13-14,20-23H,3-7,10-12,15-19H2,1-2H3,(H2,31,36)(H,38,39)/b33-28-/t20-,21-,22-,23-/m1/s1. The molecule has 1 aliphatic carbocycles. The summed E-state index contributed by atoms with van der Waals surface area (Å²) in [5.41, 5.74) is 4.78. The van der Waals surface area contributed by atoms with Gasteiger partial charge in [0.2, 0.25) is 5.71 Å². The second-order valence-corrected chi connectivity index (χ2v) is 11.5. The van der Waals surface area contributed by atoms with E-state index in [1.165, 1.54) is 44.9 Å². The Morgan fingerprint density at radius 3 is 2.58 bits per heavy atom. The van der Waals surface area contributed by atoms with Crippen molar-refractivity contribution in [1.29, 1.82) is 0 Å². The summed E-state index contributed by atoms with van der Waals surface area (Å²) < 4.78 is 1.72. The zero-order valence-electron chi connectivity index (χ0n) is 23.8. The van der Waals surface area contributed by atoms with Crippen LogP contribution in [0.2, 0.25) is 0 Å². The van der Waals surface area contributed by atoms with Crippen molar-refractivity contribution in [2.75, 3.05) is 13.2 Å². The number of hydrogen-bond donors (Lipinski definition) is 2. The van der Waals surface area contributed by atoms with Gasteiger partial charge in [0.25, 0.3) is 11.5 Å². The summed E-state index contributed by atoms with van der Waals surface area (Å²) in [6.07, 6.45) is 12.7. The predicted octanol–water partition coefficient (Wildman–Crippen LogP) is 4.24. The Morgan fingerprint density at radius 2 is 1.85 bits per heavy atom. The van der Waals surface area contributed by atoms with Crippen molar-refractivity contribution in [3.63, 3.8) is 0 Å². The van der Waals surface area contributed by atoms with Gasteiger partial charge >= 0.3 is 5.97 Å². The molecule has 0 spiro atoms. The minimum atomic E-state index is -1.47. The van der Waals surface area contributed by atoms with Crippen LogP contribution in [0.15, 0.2) is 34.2 Å². The Morgan fingerprint density at radius 1 is 1.10 bits per heavy atom. The van der Waals surface area contributed by atoms with E-state index in [4.69, 9.17) is 10.6 Å². The van der Waals surface area contributed by atoms with Crippen LogP contribution in [-0.4, -0.2) is 62.4 Å². The number of fused-ring (bicyclic) bond motifs is 1. The zero-order chi connectivity index (χ0) is 28.6. The zero-order valence-corrected chi connectivity index (χ0v) is 23.8. The summed E-state index contributed by atoms with van der Waals surface area (Å²) in [5, 5.41) is 13.4. The molecule has 40 heavy (non-hydrogen) atoms. The van der Waals surface area contributed by atoms with Crippen LogP contribution < -0.4 is 11.3 Å². The molecular formula is C30H43N5O5. The molecule has 2 aromatic rings. The maximum Gasteiger partial charge on any atom is 0.360 e. The van der Waals surface area contributed by atoms with E-state index in [1.807, 2.05) is 12.1 Å². The first-order valence-electron chi connectivity index (χ1n) is 14.8. The SMILES string of the molecule is CCC[C@@H]1C[C@H](n2c(=O)c(/C(=N/OCC(N)=O)C(=O)O)nc3ccccc32)CCN1[C@@H]1CCCCCC[C@@H](C)C1. The molecule has 10 nitrogen and oxygen atoms in total. The summed E-state index contributed by atoms with van der Waals surface area (Å²) in [4.78, 5) is 49.0. The highest BCUT2D eigenvalue weighted by Gasteiger charge is 2.35. The molecule has 1 aliphatic heterocycles. The van der Waals surface area contributed by atoms with Crippen LogP contribution in [-0.2, 0) is 14.4 Å². The molecule has 2 heterocycles. The van der Waals surface area contributed by atoms with Gasteiger partial charge in [-0.05, 0) is 50.2 Å². The van der Waals surface area contributed by atoms with Crippen molar-refractivity contribution in [2.45, 2.75) is 103 Å². The number of amides is 1. The van der Waals surface area contributed by atoms with Crippen LogP contribution in [0.3, 0.4) is 0 Å². The number of aromatic nitrogens is 2. The average Bonchev–Trinajstić information content (AvgIpc) is 3.02. The van der Waals surface area contributed by atoms with E-state index >= 15 is 0 Å². The topological polar surface area (TPSA) is 140 Å². The summed E-state index contributed by atoms with van der Waals surface area (Å²) in [5.74, 6) is -1.56. The van der Waals surface area contributed by atoms with Gasteiger partial charge in [-0.3, -0.25) is 14.5 Å². The third-order valence-corrected chi connectivity index (χ3v) is 8.43. The fourth-order valence-corrected chi connectivity index (χ4v) is 6.62. The summed E-state index contributed by atoms with van der Waals surface area (Å²) in [6.45, 7) is 4.89. The highest BCUT2D eigenvalue weighted by atomic mass is 16.6. The summed E-state index contributed by atoms with van der Waals surface area (Å²) in [6, 6.07) is 8.07. The molecule has 218 valence electrons. The van der Waals surface area contributed by atoms with E-state index < -0.39 is 29.8 Å². The van der Waals surface area contributed by atoms with Crippen molar-refractivity contribution in [1.82, 2.24) is 14.5 Å². The van der Waals surface area contributed by atoms with Gasteiger partial charge in [0.1, 0.15) is 0 Å². The van der Waals surface area contributed by atoms with Gasteiger partial charge in [-0.2, -0.15) is 0 Å². The van der Waals surface area contributed by atoms with Gasteiger partial charge in [0, 0.05) is 24.7 Å². The largest absolute Gasteiger partial charge is 0.476 e. The second kappa shape index (κ2) is 13.9. The Bertz CT molecular complexity index is 1270. The van der Waals surface area contributed by atoms with Gasteiger partial charge in [0.05, 0.1) is 11.0 Å². The second-order valence-electron chi connectivity index (χ2n) is 11.5. The molecule has 0 bridgehead atoms. The van der Waals surface area contributed by atoms with E-state index in [-0.39, 0.29) is 11.7 Å². The Kier molecular flexibility index (Phi) is 10.3. The van der Waals surface area contributed by atoms with Crippen molar-refractivity contribution in [3.05, 3.63) is 40.3 Å². The van der Waals surface area contributed by atoms with Gasteiger partial charge in [-0.25, -0.2) is 9.78 Å². The average molecular weight is 554 g/mol. The Balaban J connectivity index is 1.70. The quantitative estimate of drug-likeness (QED) is 0.350. The van der Waals surface area contributed by atoms with Gasteiger partial charge in [0.15, 0.2) is 12.3 Å². The smallest absolute Gasteiger partial charge is 0.360 e. The van der Waals surface area contributed by atoms with Crippen LogP contribution in [0.4, 0.5) is 0 Å². The summed E-state index contributed by atoms with van der Waals surface area (Å²) in [7, 11) is 0. The monoisotopic (exact) mass is 553 g/mol. The molecule has 2 fully saturated rings. The molecule has 1 aromatic heterocycles. The number of carbonyl (C=O) groups is 2.